The van der Waals surface area contributed by atoms with Gasteiger partial charge in [-0.2, -0.15) is 0 Å². The third kappa shape index (κ3) is 5.55. The zero-order valence-electron chi connectivity index (χ0n) is 18.5. The topological polar surface area (TPSA) is 102 Å². The number of carbonyl (C=O) groups is 1. The Morgan fingerprint density at radius 1 is 1.12 bits per heavy atom. The van der Waals surface area contributed by atoms with Crippen LogP contribution in [0.5, 0.6) is 5.88 Å². The summed E-state index contributed by atoms with van der Waals surface area (Å²) in [7, 11) is 1.56. The minimum absolute atomic E-state index is 0.108. The molecule has 0 saturated heterocycles. The maximum atomic E-state index is 12.9. The van der Waals surface area contributed by atoms with Crippen molar-refractivity contribution >= 4 is 33.4 Å². The van der Waals surface area contributed by atoms with Gasteiger partial charge in [0.15, 0.2) is 5.69 Å². The van der Waals surface area contributed by atoms with Gasteiger partial charge in [-0.3, -0.25) is 9.78 Å². The van der Waals surface area contributed by atoms with E-state index in [4.69, 9.17) is 4.74 Å². The Labute approximate surface area is 191 Å². The second-order valence-electron chi connectivity index (χ2n) is 6.54. The van der Waals surface area contributed by atoms with Crippen LogP contribution >= 0.6 is 11.3 Å². The smallest absolute Gasteiger partial charge is 0.271 e. The van der Waals surface area contributed by atoms with Crippen LogP contribution in [-0.2, 0) is 6.54 Å². The Morgan fingerprint density at radius 3 is 2.66 bits per heavy atom. The van der Waals surface area contributed by atoms with Crippen LogP contribution < -0.4 is 15.4 Å². The molecule has 1 atom stereocenters. The minimum Gasteiger partial charge on any atom is -0.481 e. The third-order valence-electron chi connectivity index (χ3n) is 4.46. The summed E-state index contributed by atoms with van der Waals surface area (Å²) in [5, 5.41) is 8.04. The van der Waals surface area contributed by atoms with Crippen molar-refractivity contribution in [1.82, 2.24) is 25.3 Å². The molecule has 0 bridgehead atoms. The van der Waals surface area contributed by atoms with Crippen LogP contribution in [0.4, 0.5) is 5.95 Å². The predicted octanol–water partition coefficient (Wildman–Crippen LogP) is 4.62. The molecule has 0 aliphatic heterocycles. The Kier molecular flexibility index (Phi) is 8.04. The van der Waals surface area contributed by atoms with Crippen molar-refractivity contribution < 1.29 is 9.53 Å². The largest absolute Gasteiger partial charge is 0.481 e. The van der Waals surface area contributed by atoms with Crippen molar-refractivity contribution in [3.8, 4) is 5.88 Å². The Hall–Kier alpha value is -3.59. The number of amides is 1. The van der Waals surface area contributed by atoms with Crippen LogP contribution in [0, 0.1) is 0 Å². The van der Waals surface area contributed by atoms with Crippen LogP contribution in [-0.4, -0.2) is 33.0 Å². The first kappa shape index (κ1) is 23.1. The molecule has 32 heavy (non-hydrogen) atoms. The van der Waals surface area contributed by atoms with Crippen LogP contribution in [0.25, 0.3) is 10.2 Å². The SMILES string of the molecule is CC.COc1ccc(CNC(=O)c2nc(NC(C)c3ccccn3)nc3ccsc23)cn1. The monoisotopic (exact) mass is 450 g/mol. The van der Waals surface area contributed by atoms with Crippen LogP contribution in [0.3, 0.4) is 0 Å². The van der Waals surface area contributed by atoms with Crippen molar-refractivity contribution in [3.05, 3.63) is 71.1 Å². The fourth-order valence-electron chi connectivity index (χ4n) is 2.88. The van der Waals surface area contributed by atoms with Gasteiger partial charge in [-0.1, -0.05) is 26.0 Å². The number of carbonyl (C=O) groups excluding carboxylic acids is 1. The van der Waals surface area contributed by atoms with E-state index in [-0.39, 0.29) is 11.9 Å². The fourth-order valence-corrected chi connectivity index (χ4v) is 3.70. The minimum atomic E-state index is -0.269. The van der Waals surface area contributed by atoms with E-state index in [1.54, 1.807) is 25.6 Å². The molecule has 1 unspecified atom stereocenters. The summed E-state index contributed by atoms with van der Waals surface area (Å²) in [6, 6.07) is 11.1. The number of ether oxygens (including phenoxy) is 1. The maximum Gasteiger partial charge on any atom is 0.271 e. The van der Waals surface area contributed by atoms with Crippen molar-refractivity contribution in [1.29, 1.82) is 0 Å². The van der Waals surface area contributed by atoms with E-state index in [1.165, 1.54) is 11.3 Å². The molecule has 4 aromatic heterocycles. The number of hydrogen-bond acceptors (Lipinski definition) is 8. The van der Waals surface area contributed by atoms with Crippen LogP contribution in [0.1, 0.15) is 48.6 Å². The number of thiophene rings is 1. The fraction of sp³-hybridized carbons (Fsp3) is 0.261. The second kappa shape index (κ2) is 11.1. The highest BCUT2D eigenvalue weighted by Crippen LogP contribution is 2.25. The van der Waals surface area contributed by atoms with Gasteiger partial charge in [-0.25, -0.2) is 15.0 Å². The molecule has 8 nitrogen and oxygen atoms in total. The molecule has 4 aromatic rings. The third-order valence-corrected chi connectivity index (χ3v) is 5.37. The quantitative estimate of drug-likeness (QED) is 0.424. The number of methoxy groups -OCH3 is 1. The summed E-state index contributed by atoms with van der Waals surface area (Å²) in [5.74, 6) is 0.642. The van der Waals surface area contributed by atoms with E-state index in [0.29, 0.717) is 24.1 Å². The lowest BCUT2D eigenvalue weighted by molar-refractivity contribution is 0.0948. The zero-order chi connectivity index (χ0) is 22.9. The molecule has 0 aliphatic carbocycles. The van der Waals surface area contributed by atoms with Gasteiger partial charge in [0.25, 0.3) is 5.91 Å². The Bertz CT molecular complexity index is 1150. The molecule has 4 heterocycles. The van der Waals surface area contributed by atoms with Crippen molar-refractivity contribution in [2.75, 3.05) is 12.4 Å². The molecule has 1 amide bonds. The van der Waals surface area contributed by atoms with E-state index < -0.39 is 0 Å². The summed E-state index contributed by atoms with van der Waals surface area (Å²) in [4.78, 5) is 30.4. The van der Waals surface area contributed by atoms with Crippen molar-refractivity contribution in [2.24, 2.45) is 0 Å². The number of hydrogen-bond donors (Lipinski definition) is 2. The van der Waals surface area contributed by atoms with E-state index >= 15 is 0 Å². The number of nitrogens with zero attached hydrogens (tertiary/aromatic N) is 4. The van der Waals surface area contributed by atoms with Crippen LogP contribution in [0.15, 0.2) is 54.2 Å². The van der Waals surface area contributed by atoms with Crippen molar-refractivity contribution in [3.63, 3.8) is 0 Å². The highest BCUT2D eigenvalue weighted by Gasteiger charge is 2.17. The van der Waals surface area contributed by atoms with E-state index in [2.05, 4.69) is 30.6 Å². The van der Waals surface area contributed by atoms with Gasteiger partial charge in [0.05, 0.1) is 29.1 Å². The summed E-state index contributed by atoms with van der Waals surface area (Å²) in [6.45, 7) is 6.31. The second-order valence-corrected chi connectivity index (χ2v) is 7.46. The first-order valence-corrected chi connectivity index (χ1v) is 11.2. The zero-order valence-corrected chi connectivity index (χ0v) is 19.3. The van der Waals surface area contributed by atoms with E-state index in [9.17, 15) is 4.79 Å². The summed E-state index contributed by atoms with van der Waals surface area (Å²) >= 11 is 1.44. The molecule has 9 heteroatoms. The van der Waals surface area contributed by atoms with E-state index in [0.717, 1.165) is 21.5 Å². The summed E-state index contributed by atoms with van der Waals surface area (Å²) < 4.78 is 5.80. The Morgan fingerprint density at radius 2 is 1.97 bits per heavy atom. The number of nitrogens with one attached hydrogen (secondary N) is 2. The number of pyridine rings is 2. The molecular weight excluding hydrogens is 424 g/mol. The number of anilines is 1. The molecule has 166 valence electrons. The van der Waals surface area contributed by atoms with Gasteiger partial charge >= 0.3 is 0 Å². The summed E-state index contributed by atoms with van der Waals surface area (Å²) in [6.07, 6.45) is 3.41. The molecule has 0 aliphatic rings. The normalized spacial score (nSPS) is 11.2. The molecule has 0 saturated carbocycles. The number of fused-ring (bicyclic) bond motifs is 1. The molecule has 0 radical (unpaired) electrons. The highest BCUT2D eigenvalue weighted by molar-refractivity contribution is 7.17. The molecule has 0 spiro atoms. The number of aromatic nitrogens is 4. The molecule has 0 fully saturated rings. The molecular formula is C23H26N6O2S. The lowest BCUT2D eigenvalue weighted by Crippen LogP contribution is -2.24. The first-order valence-electron chi connectivity index (χ1n) is 10.3. The lowest BCUT2D eigenvalue weighted by atomic mass is 10.2. The molecule has 0 aromatic carbocycles. The summed E-state index contributed by atoms with van der Waals surface area (Å²) in [5.41, 5.74) is 2.79. The van der Waals surface area contributed by atoms with Gasteiger partial charge in [-0.15, -0.1) is 11.3 Å². The number of rotatable bonds is 7. The first-order chi connectivity index (χ1) is 15.6. The standard InChI is InChI=1S/C21H20N6O2S.C2H6/c1-13(15-5-3-4-9-22-15)25-21-26-16-8-10-30-19(16)18(27-21)20(28)24-12-14-6-7-17(29-2)23-11-14;1-2/h3-11,13H,12H2,1-2H3,(H,24,28)(H,25,26,27);1-2H3. The van der Waals surface area contributed by atoms with Crippen molar-refractivity contribution in [2.45, 2.75) is 33.4 Å². The highest BCUT2D eigenvalue weighted by atomic mass is 32.1. The van der Waals surface area contributed by atoms with Gasteiger partial charge in [0.2, 0.25) is 11.8 Å². The lowest BCUT2D eigenvalue weighted by Gasteiger charge is -2.14. The van der Waals surface area contributed by atoms with Gasteiger partial charge in [0.1, 0.15) is 0 Å². The average molecular weight is 451 g/mol. The Balaban J connectivity index is 0.00000141. The van der Waals surface area contributed by atoms with Crippen LogP contribution in [0.2, 0.25) is 0 Å². The molecule has 4 rings (SSSR count). The predicted molar refractivity (Wildman–Crippen MR) is 127 cm³/mol. The molecule has 2 N–H and O–H groups in total. The van der Waals surface area contributed by atoms with Gasteiger partial charge < -0.3 is 15.4 Å². The average Bonchev–Trinajstić information content (AvgIpc) is 3.33. The van der Waals surface area contributed by atoms with E-state index in [1.807, 2.05) is 56.5 Å². The maximum absolute atomic E-state index is 12.9. The van der Waals surface area contributed by atoms with Gasteiger partial charge in [0, 0.05) is 25.0 Å². The van der Waals surface area contributed by atoms with Gasteiger partial charge in [-0.05, 0) is 36.1 Å².